The van der Waals surface area contributed by atoms with Crippen molar-refractivity contribution < 1.29 is 0 Å². The van der Waals surface area contributed by atoms with E-state index < -0.39 is 0 Å². The molecule has 1 heterocycles. The molecule has 0 saturated heterocycles. The van der Waals surface area contributed by atoms with Crippen LogP contribution in [0.4, 0.5) is 0 Å². The van der Waals surface area contributed by atoms with Gasteiger partial charge in [-0.2, -0.15) is 0 Å². The Morgan fingerprint density at radius 2 is 2.44 bits per heavy atom. The molecule has 0 aliphatic heterocycles. The summed E-state index contributed by atoms with van der Waals surface area (Å²) >= 11 is 0. The zero-order valence-corrected chi connectivity index (χ0v) is 5.76. The minimum atomic E-state index is 0.572. The van der Waals surface area contributed by atoms with Gasteiger partial charge in [-0.05, 0) is 6.92 Å². The number of aryl methyl sites for hydroxylation is 2. The summed E-state index contributed by atoms with van der Waals surface area (Å²) in [5.41, 5.74) is 7.57. The number of nitrogens with zero attached hydrogens (tertiary/aromatic N) is 2. The Kier molecular flexibility index (Phi) is 1.53. The maximum atomic E-state index is 5.44. The van der Waals surface area contributed by atoms with Crippen molar-refractivity contribution in [1.82, 2.24) is 9.55 Å². The third kappa shape index (κ3) is 0.954. The van der Waals surface area contributed by atoms with E-state index in [1.54, 1.807) is 6.33 Å². The monoisotopic (exact) mass is 125 g/mol. The second-order valence-electron chi connectivity index (χ2n) is 2.09. The highest BCUT2D eigenvalue weighted by atomic mass is 15.0. The lowest BCUT2D eigenvalue weighted by Crippen LogP contribution is -2.03. The molecule has 0 radical (unpaired) electrons. The van der Waals surface area contributed by atoms with E-state index in [2.05, 4.69) is 4.98 Å². The lowest BCUT2D eigenvalue weighted by atomic mass is 10.3. The average Bonchev–Trinajstić information content (AvgIpc) is 2.12. The van der Waals surface area contributed by atoms with Crippen molar-refractivity contribution in [2.24, 2.45) is 12.8 Å². The van der Waals surface area contributed by atoms with Gasteiger partial charge in [0, 0.05) is 13.6 Å². The van der Waals surface area contributed by atoms with Gasteiger partial charge in [0.25, 0.3) is 0 Å². The van der Waals surface area contributed by atoms with Gasteiger partial charge in [0.2, 0.25) is 0 Å². The summed E-state index contributed by atoms with van der Waals surface area (Å²) in [6.07, 6.45) is 1.78. The van der Waals surface area contributed by atoms with Crippen LogP contribution >= 0.6 is 0 Å². The molecule has 1 aromatic heterocycles. The van der Waals surface area contributed by atoms with Crippen molar-refractivity contribution in [3.63, 3.8) is 0 Å². The van der Waals surface area contributed by atoms with E-state index in [9.17, 15) is 0 Å². The molecule has 0 amide bonds. The van der Waals surface area contributed by atoms with Crippen LogP contribution in [0, 0.1) is 6.92 Å². The Bertz CT molecular complexity index is 183. The highest BCUT2D eigenvalue weighted by Gasteiger charge is 1.99. The predicted molar refractivity (Wildman–Crippen MR) is 35.8 cm³/mol. The van der Waals surface area contributed by atoms with Crippen molar-refractivity contribution in [3.05, 3.63) is 17.7 Å². The Balaban J connectivity index is 3.07. The molecule has 3 nitrogen and oxygen atoms in total. The van der Waals surface area contributed by atoms with Crippen LogP contribution in [-0.2, 0) is 13.6 Å². The first-order valence-electron chi connectivity index (χ1n) is 2.92. The normalized spacial score (nSPS) is 10.1. The van der Waals surface area contributed by atoms with E-state index in [-0.39, 0.29) is 0 Å². The van der Waals surface area contributed by atoms with Crippen LogP contribution in [0.15, 0.2) is 6.33 Å². The number of nitrogens with two attached hydrogens (primary N) is 1. The van der Waals surface area contributed by atoms with E-state index in [0.29, 0.717) is 6.54 Å². The van der Waals surface area contributed by atoms with Crippen molar-refractivity contribution in [2.45, 2.75) is 13.5 Å². The first-order valence-corrected chi connectivity index (χ1v) is 2.92. The number of imidazole rings is 1. The van der Waals surface area contributed by atoms with Gasteiger partial charge in [0.05, 0.1) is 17.7 Å². The smallest absolute Gasteiger partial charge is 0.0949 e. The summed E-state index contributed by atoms with van der Waals surface area (Å²) in [5.74, 6) is 0. The zero-order chi connectivity index (χ0) is 6.85. The lowest BCUT2D eigenvalue weighted by Gasteiger charge is -1.96. The SMILES string of the molecule is Cc1ncn(C)c1CN. The van der Waals surface area contributed by atoms with Gasteiger partial charge in [-0.25, -0.2) is 4.98 Å². The third-order valence-corrected chi connectivity index (χ3v) is 1.46. The molecule has 9 heavy (non-hydrogen) atoms. The molecule has 3 heteroatoms. The van der Waals surface area contributed by atoms with Crippen molar-refractivity contribution in [3.8, 4) is 0 Å². The van der Waals surface area contributed by atoms with Crippen LogP contribution in [0.2, 0.25) is 0 Å². The first-order chi connectivity index (χ1) is 4.25. The molecule has 1 rings (SSSR count). The maximum Gasteiger partial charge on any atom is 0.0949 e. The maximum absolute atomic E-state index is 5.44. The molecule has 0 aliphatic rings. The minimum Gasteiger partial charge on any atom is -0.336 e. The van der Waals surface area contributed by atoms with Crippen LogP contribution in [0.3, 0.4) is 0 Å². The lowest BCUT2D eigenvalue weighted by molar-refractivity contribution is 0.816. The molecule has 0 bridgehead atoms. The van der Waals surface area contributed by atoms with Gasteiger partial charge in [0.15, 0.2) is 0 Å². The summed E-state index contributed by atoms with van der Waals surface area (Å²) in [6.45, 7) is 2.53. The fourth-order valence-electron chi connectivity index (χ4n) is 0.864. The Morgan fingerprint density at radius 3 is 2.67 bits per heavy atom. The minimum absolute atomic E-state index is 0.572. The molecule has 0 aromatic carbocycles. The van der Waals surface area contributed by atoms with E-state index in [0.717, 1.165) is 11.4 Å². The van der Waals surface area contributed by atoms with Gasteiger partial charge in [0.1, 0.15) is 0 Å². The molecule has 0 saturated carbocycles. The number of hydrogen-bond donors (Lipinski definition) is 1. The van der Waals surface area contributed by atoms with Crippen LogP contribution in [0.25, 0.3) is 0 Å². The Hall–Kier alpha value is -0.830. The molecule has 0 fully saturated rings. The second-order valence-corrected chi connectivity index (χ2v) is 2.09. The number of rotatable bonds is 1. The van der Waals surface area contributed by atoms with Crippen molar-refractivity contribution in [2.75, 3.05) is 0 Å². The standard InChI is InChI=1S/C6H11N3/c1-5-6(3-7)9(2)4-8-5/h4H,3,7H2,1-2H3. The molecule has 0 atom stereocenters. The van der Waals surface area contributed by atoms with Gasteiger partial charge >= 0.3 is 0 Å². The third-order valence-electron chi connectivity index (χ3n) is 1.46. The highest BCUT2D eigenvalue weighted by molar-refractivity contribution is 5.09. The molecule has 0 spiro atoms. The topological polar surface area (TPSA) is 43.8 Å². The second kappa shape index (κ2) is 2.19. The summed E-state index contributed by atoms with van der Waals surface area (Å²) in [4.78, 5) is 4.07. The zero-order valence-electron chi connectivity index (χ0n) is 5.76. The van der Waals surface area contributed by atoms with Gasteiger partial charge in [-0.1, -0.05) is 0 Å². The summed E-state index contributed by atoms with van der Waals surface area (Å²) in [7, 11) is 1.95. The fraction of sp³-hybridized carbons (Fsp3) is 0.500. The molecular formula is C6H11N3. The highest BCUT2D eigenvalue weighted by Crippen LogP contribution is 2.01. The summed E-state index contributed by atoms with van der Waals surface area (Å²) in [5, 5.41) is 0. The summed E-state index contributed by atoms with van der Waals surface area (Å²) in [6, 6.07) is 0. The van der Waals surface area contributed by atoms with Crippen LogP contribution < -0.4 is 5.73 Å². The quantitative estimate of drug-likeness (QED) is 0.582. The van der Waals surface area contributed by atoms with Crippen LogP contribution in [0.5, 0.6) is 0 Å². The van der Waals surface area contributed by atoms with Gasteiger partial charge in [-0.3, -0.25) is 0 Å². The molecular weight excluding hydrogens is 114 g/mol. The van der Waals surface area contributed by atoms with E-state index in [4.69, 9.17) is 5.73 Å². The van der Waals surface area contributed by atoms with E-state index in [1.165, 1.54) is 0 Å². The fourth-order valence-corrected chi connectivity index (χ4v) is 0.864. The van der Waals surface area contributed by atoms with Crippen LogP contribution in [0.1, 0.15) is 11.4 Å². The molecule has 2 N–H and O–H groups in total. The number of hydrogen-bond acceptors (Lipinski definition) is 2. The Morgan fingerprint density at radius 1 is 1.78 bits per heavy atom. The van der Waals surface area contributed by atoms with E-state index in [1.807, 2.05) is 18.5 Å². The first kappa shape index (κ1) is 6.29. The van der Waals surface area contributed by atoms with Crippen LogP contribution in [-0.4, -0.2) is 9.55 Å². The van der Waals surface area contributed by atoms with E-state index >= 15 is 0 Å². The molecule has 0 unspecified atom stereocenters. The largest absolute Gasteiger partial charge is 0.336 e. The van der Waals surface area contributed by atoms with Gasteiger partial charge < -0.3 is 10.3 Å². The predicted octanol–water partition coefficient (Wildman–Crippen LogP) is 0.187. The van der Waals surface area contributed by atoms with Crippen molar-refractivity contribution >= 4 is 0 Å². The Labute approximate surface area is 54.5 Å². The molecule has 1 aromatic rings. The average molecular weight is 125 g/mol. The molecule has 0 aliphatic carbocycles. The molecule has 50 valence electrons. The van der Waals surface area contributed by atoms with Crippen molar-refractivity contribution in [1.29, 1.82) is 0 Å². The number of aromatic nitrogens is 2. The summed E-state index contributed by atoms with van der Waals surface area (Å²) < 4.78 is 1.94. The van der Waals surface area contributed by atoms with Gasteiger partial charge in [-0.15, -0.1) is 0 Å².